The molecule has 0 aliphatic carbocycles. The zero-order valence-corrected chi connectivity index (χ0v) is 26.1. The van der Waals surface area contributed by atoms with Gasteiger partial charge in [0.25, 0.3) is 5.91 Å². The third-order valence-electron chi connectivity index (χ3n) is 6.66. The first-order valence-corrected chi connectivity index (χ1v) is 14.6. The first-order chi connectivity index (χ1) is 21.2. The number of nitrogens with one attached hydrogen (secondary N) is 2. The second kappa shape index (κ2) is 13.9. The van der Waals surface area contributed by atoms with Crippen LogP contribution >= 0.6 is 15.9 Å². The molecule has 10 heteroatoms. The number of carbonyl (C=O) groups excluding carboxylic acids is 2. The van der Waals surface area contributed by atoms with Crippen LogP contribution in [0.2, 0.25) is 0 Å². The minimum atomic E-state index is -0.493. The Morgan fingerprint density at radius 1 is 0.886 bits per heavy atom. The first kappa shape index (κ1) is 30.4. The van der Waals surface area contributed by atoms with E-state index in [2.05, 4.69) is 62.3 Å². The number of hydrogen-bond donors (Lipinski definition) is 2. The topological polar surface area (TPSA) is 107 Å². The molecule has 44 heavy (non-hydrogen) atoms. The van der Waals surface area contributed by atoms with Crippen molar-refractivity contribution in [3.63, 3.8) is 0 Å². The maximum Gasteiger partial charge on any atom is 0.307 e. The number of carbonyl (C=O) groups is 2. The van der Waals surface area contributed by atoms with E-state index in [4.69, 9.17) is 13.9 Å². The van der Waals surface area contributed by atoms with Gasteiger partial charge in [0.2, 0.25) is 0 Å². The number of benzene rings is 3. The van der Waals surface area contributed by atoms with E-state index in [1.807, 2.05) is 55.5 Å². The zero-order valence-electron chi connectivity index (χ0n) is 24.5. The van der Waals surface area contributed by atoms with Crippen LogP contribution in [0, 0.1) is 20.8 Å². The van der Waals surface area contributed by atoms with Crippen molar-refractivity contribution in [3.05, 3.63) is 130 Å². The minimum absolute atomic E-state index is 0.114. The molecule has 0 atom stereocenters. The quantitative estimate of drug-likeness (QED) is 0.116. The summed E-state index contributed by atoms with van der Waals surface area (Å²) < 4.78 is 19.9. The molecule has 0 saturated carbocycles. The molecule has 0 radical (unpaired) electrons. The summed E-state index contributed by atoms with van der Waals surface area (Å²) in [4.78, 5) is 24.7. The van der Waals surface area contributed by atoms with Crippen molar-refractivity contribution in [1.82, 2.24) is 9.99 Å². The number of amides is 2. The third-order valence-corrected chi connectivity index (χ3v) is 7.28. The molecule has 3 aromatic carbocycles. The number of halogens is 1. The molecular weight excluding hydrogens is 624 g/mol. The van der Waals surface area contributed by atoms with Gasteiger partial charge in [-0.1, -0.05) is 17.7 Å². The summed E-state index contributed by atoms with van der Waals surface area (Å²) in [7, 11) is 0. The molecule has 5 rings (SSSR count). The van der Waals surface area contributed by atoms with Crippen molar-refractivity contribution < 1.29 is 23.5 Å². The van der Waals surface area contributed by atoms with Gasteiger partial charge in [-0.3, -0.25) is 9.59 Å². The van der Waals surface area contributed by atoms with Gasteiger partial charge in [-0.25, -0.2) is 5.43 Å². The average Bonchev–Trinajstić information content (AvgIpc) is 3.63. The normalized spacial score (nSPS) is 11.0. The molecule has 0 spiro atoms. The molecule has 9 nitrogen and oxygen atoms in total. The molecule has 2 amide bonds. The summed E-state index contributed by atoms with van der Waals surface area (Å²) in [5.74, 6) is 1.05. The van der Waals surface area contributed by atoms with Crippen LogP contribution in [0.25, 0.3) is 5.69 Å². The molecule has 0 unspecified atom stereocenters. The smallest absolute Gasteiger partial charge is 0.307 e. The molecule has 224 valence electrons. The van der Waals surface area contributed by atoms with E-state index in [1.165, 1.54) is 6.21 Å². The van der Waals surface area contributed by atoms with Crippen molar-refractivity contribution >= 4 is 39.6 Å². The number of nitrogens with zero attached hydrogens (tertiary/aromatic N) is 2. The standard InChI is InChI=1S/C34H31BrN4O5/c1-22-4-9-26(10-5-22)37-33(40)21-43-31-16-8-25(18-30(31)35)19-36-38-34(41)32-17-15-29(44-32)20-42-28-13-11-27(12-14-28)39-23(2)6-7-24(39)3/h4-19H,20-21H2,1-3H3,(H,37,40)(H,38,41)/b36-19+. The molecule has 0 fully saturated rings. The van der Waals surface area contributed by atoms with Crippen molar-refractivity contribution in [2.24, 2.45) is 5.10 Å². The summed E-state index contributed by atoms with van der Waals surface area (Å²) >= 11 is 3.45. The van der Waals surface area contributed by atoms with Crippen LogP contribution in [-0.2, 0) is 11.4 Å². The average molecular weight is 656 g/mol. The summed E-state index contributed by atoms with van der Waals surface area (Å²) in [6.45, 7) is 6.14. The second-order valence-corrected chi connectivity index (χ2v) is 10.9. The first-order valence-electron chi connectivity index (χ1n) is 13.8. The fourth-order valence-corrected chi connectivity index (χ4v) is 4.92. The largest absolute Gasteiger partial charge is 0.486 e. The van der Waals surface area contributed by atoms with E-state index in [1.54, 1.807) is 30.3 Å². The highest BCUT2D eigenvalue weighted by atomic mass is 79.9. The summed E-state index contributed by atoms with van der Waals surface area (Å²) in [5.41, 5.74) is 8.36. The zero-order chi connectivity index (χ0) is 31.1. The number of hydrazone groups is 1. The van der Waals surface area contributed by atoms with E-state index in [0.717, 1.165) is 22.6 Å². The van der Waals surface area contributed by atoms with Crippen LogP contribution in [0.3, 0.4) is 0 Å². The predicted octanol–water partition coefficient (Wildman–Crippen LogP) is 7.12. The predicted molar refractivity (Wildman–Crippen MR) is 173 cm³/mol. The molecule has 2 heterocycles. The summed E-state index contributed by atoms with van der Waals surface area (Å²) in [6, 6.07) is 28.0. The van der Waals surface area contributed by atoms with E-state index in [9.17, 15) is 9.59 Å². The number of aryl methyl sites for hydroxylation is 3. The lowest BCUT2D eigenvalue weighted by Gasteiger charge is -2.10. The Kier molecular flexibility index (Phi) is 9.61. The van der Waals surface area contributed by atoms with Gasteiger partial charge in [0.1, 0.15) is 23.9 Å². The summed E-state index contributed by atoms with van der Waals surface area (Å²) in [6.07, 6.45) is 1.49. The number of hydrogen-bond acceptors (Lipinski definition) is 6. The second-order valence-electron chi connectivity index (χ2n) is 10.1. The van der Waals surface area contributed by atoms with Crippen LogP contribution in [0.4, 0.5) is 5.69 Å². The summed E-state index contributed by atoms with van der Waals surface area (Å²) in [5, 5.41) is 6.81. The van der Waals surface area contributed by atoms with Crippen LogP contribution < -0.4 is 20.2 Å². The van der Waals surface area contributed by atoms with E-state index >= 15 is 0 Å². The van der Waals surface area contributed by atoms with Gasteiger partial charge in [0, 0.05) is 22.8 Å². The highest BCUT2D eigenvalue weighted by molar-refractivity contribution is 9.10. The van der Waals surface area contributed by atoms with Crippen LogP contribution in [0.5, 0.6) is 11.5 Å². The van der Waals surface area contributed by atoms with Gasteiger partial charge in [-0.2, -0.15) is 5.10 Å². The Morgan fingerprint density at radius 2 is 1.61 bits per heavy atom. The minimum Gasteiger partial charge on any atom is -0.486 e. The Morgan fingerprint density at radius 3 is 2.32 bits per heavy atom. The molecule has 2 N–H and O–H groups in total. The molecule has 0 aliphatic rings. The fraction of sp³-hybridized carbons (Fsp3) is 0.147. The van der Waals surface area contributed by atoms with Crippen molar-refractivity contribution in [2.45, 2.75) is 27.4 Å². The highest BCUT2D eigenvalue weighted by Crippen LogP contribution is 2.26. The van der Waals surface area contributed by atoms with Gasteiger partial charge in [-0.05, 0) is 121 Å². The third kappa shape index (κ3) is 7.84. The number of furan rings is 1. The number of rotatable bonds is 11. The Hall–Kier alpha value is -5.09. The van der Waals surface area contributed by atoms with Crippen molar-refractivity contribution in [1.29, 1.82) is 0 Å². The lowest BCUT2D eigenvalue weighted by Crippen LogP contribution is -2.20. The van der Waals surface area contributed by atoms with Crippen LogP contribution in [0.1, 0.15) is 38.8 Å². The van der Waals surface area contributed by atoms with Gasteiger partial charge < -0.3 is 23.8 Å². The number of anilines is 1. The Labute approximate surface area is 263 Å². The molecule has 2 aromatic heterocycles. The van der Waals surface area contributed by atoms with Gasteiger partial charge >= 0.3 is 5.91 Å². The van der Waals surface area contributed by atoms with E-state index in [0.29, 0.717) is 33.0 Å². The van der Waals surface area contributed by atoms with Crippen LogP contribution in [-0.4, -0.2) is 29.2 Å². The Bertz CT molecular complexity index is 1770. The Balaban J connectivity index is 1.07. The lowest BCUT2D eigenvalue weighted by molar-refractivity contribution is -0.118. The van der Waals surface area contributed by atoms with Gasteiger partial charge in [0.15, 0.2) is 12.4 Å². The van der Waals surface area contributed by atoms with Crippen molar-refractivity contribution in [2.75, 3.05) is 11.9 Å². The van der Waals surface area contributed by atoms with Gasteiger partial charge in [-0.15, -0.1) is 0 Å². The van der Waals surface area contributed by atoms with Gasteiger partial charge in [0.05, 0.1) is 10.7 Å². The van der Waals surface area contributed by atoms with Crippen LogP contribution in [0.15, 0.2) is 105 Å². The number of aromatic nitrogens is 1. The molecule has 0 bridgehead atoms. The van der Waals surface area contributed by atoms with E-state index < -0.39 is 5.91 Å². The fourth-order valence-electron chi connectivity index (χ4n) is 4.41. The monoisotopic (exact) mass is 654 g/mol. The molecule has 0 saturated heterocycles. The number of ether oxygens (including phenoxy) is 2. The lowest BCUT2D eigenvalue weighted by atomic mass is 10.2. The van der Waals surface area contributed by atoms with E-state index in [-0.39, 0.29) is 24.9 Å². The van der Waals surface area contributed by atoms with Crippen molar-refractivity contribution in [3.8, 4) is 17.2 Å². The maximum atomic E-state index is 12.5. The highest BCUT2D eigenvalue weighted by Gasteiger charge is 2.12. The molecule has 0 aliphatic heterocycles. The maximum absolute atomic E-state index is 12.5. The SMILES string of the molecule is Cc1ccc(NC(=O)COc2ccc(/C=N/NC(=O)c3ccc(COc4ccc(-n5c(C)ccc5C)cc4)o3)cc2Br)cc1. The molecule has 5 aromatic rings. The molecular formula is C34H31BrN4O5.